The number of hydrogen-bond acceptors (Lipinski definition) is 3. The fraction of sp³-hybridized carbons (Fsp3) is 0.800. The van der Waals surface area contributed by atoms with Crippen molar-refractivity contribution in [1.82, 2.24) is 0 Å². The molecular weight excluding hydrogens is 228 g/mol. The van der Waals surface area contributed by atoms with Crippen molar-refractivity contribution in [2.45, 2.75) is 63.9 Å². The summed E-state index contributed by atoms with van der Waals surface area (Å²) >= 11 is 0. The first-order chi connectivity index (χ1) is 8.86. The Kier molecular flexibility index (Phi) is 5.72. The number of esters is 1. The maximum absolute atomic E-state index is 11.2. The molecule has 0 bridgehead atoms. The zero-order valence-corrected chi connectivity index (χ0v) is 11.2. The average molecular weight is 252 g/mol. The van der Waals surface area contributed by atoms with Crippen molar-refractivity contribution < 1.29 is 14.3 Å². The zero-order valence-electron chi connectivity index (χ0n) is 11.2. The van der Waals surface area contributed by atoms with Gasteiger partial charge in [0.2, 0.25) is 0 Å². The van der Waals surface area contributed by atoms with Crippen molar-refractivity contribution in [1.29, 1.82) is 0 Å². The highest BCUT2D eigenvalue weighted by molar-refractivity contribution is 5.90. The molecule has 2 aliphatic rings. The summed E-state index contributed by atoms with van der Waals surface area (Å²) in [4.78, 5) is 11.2. The van der Waals surface area contributed by atoms with E-state index in [0.29, 0.717) is 12.7 Å². The number of unbranched alkanes of at least 4 members (excludes halogenated alkanes) is 6. The van der Waals surface area contributed by atoms with Crippen LogP contribution in [0.25, 0.3) is 0 Å². The molecule has 0 amide bonds. The minimum absolute atomic E-state index is 0.0997. The molecule has 1 atom stereocenters. The molecule has 0 saturated carbocycles. The van der Waals surface area contributed by atoms with Gasteiger partial charge in [-0.3, -0.25) is 0 Å². The van der Waals surface area contributed by atoms with Crippen molar-refractivity contribution >= 4 is 5.97 Å². The number of ether oxygens (including phenoxy) is 2. The summed E-state index contributed by atoms with van der Waals surface area (Å²) in [6.45, 7) is 1.58. The Labute approximate surface area is 110 Å². The molecule has 0 aromatic heterocycles. The molecular formula is C15H24O3. The van der Waals surface area contributed by atoms with E-state index in [1.807, 2.05) is 0 Å². The van der Waals surface area contributed by atoms with Gasteiger partial charge in [0.1, 0.15) is 0 Å². The predicted molar refractivity (Wildman–Crippen MR) is 70.3 cm³/mol. The van der Waals surface area contributed by atoms with Crippen LogP contribution < -0.4 is 0 Å². The topological polar surface area (TPSA) is 38.8 Å². The van der Waals surface area contributed by atoms with Gasteiger partial charge in [-0.15, -0.1) is 0 Å². The molecule has 102 valence electrons. The monoisotopic (exact) mass is 252 g/mol. The first kappa shape index (κ1) is 13.6. The maximum Gasteiger partial charge on any atom is 0.333 e. The third-order valence-electron chi connectivity index (χ3n) is 3.64. The van der Waals surface area contributed by atoms with Crippen molar-refractivity contribution in [2.75, 3.05) is 13.2 Å². The van der Waals surface area contributed by atoms with Crippen LogP contribution >= 0.6 is 0 Å². The van der Waals surface area contributed by atoms with Gasteiger partial charge in [0.05, 0.1) is 19.3 Å². The molecule has 2 rings (SSSR count). The summed E-state index contributed by atoms with van der Waals surface area (Å²) in [5.74, 6) is -0.0997. The van der Waals surface area contributed by atoms with Crippen molar-refractivity contribution in [3.63, 3.8) is 0 Å². The largest absolute Gasteiger partial charge is 0.462 e. The van der Waals surface area contributed by atoms with Crippen LogP contribution in [-0.2, 0) is 14.3 Å². The molecule has 2 fully saturated rings. The smallest absolute Gasteiger partial charge is 0.333 e. The SMILES string of the molecule is O=C1OCC/C1=C\CCCCCCCCC1CO1. The van der Waals surface area contributed by atoms with Crippen LogP contribution in [-0.4, -0.2) is 25.3 Å². The molecule has 0 radical (unpaired) electrons. The number of carbonyl (C=O) groups excluding carboxylic acids is 1. The minimum atomic E-state index is -0.0997. The number of cyclic esters (lactones) is 1. The molecule has 0 N–H and O–H groups in total. The summed E-state index contributed by atoms with van der Waals surface area (Å²) in [6, 6.07) is 0. The van der Waals surface area contributed by atoms with Crippen molar-refractivity contribution in [3.05, 3.63) is 11.6 Å². The van der Waals surface area contributed by atoms with Gasteiger partial charge in [-0.1, -0.05) is 38.2 Å². The van der Waals surface area contributed by atoms with Crippen LogP contribution in [0.4, 0.5) is 0 Å². The number of hydrogen-bond donors (Lipinski definition) is 0. The first-order valence-corrected chi connectivity index (χ1v) is 7.34. The Morgan fingerprint density at radius 3 is 2.50 bits per heavy atom. The van der Waals surface area contributed by atoms with Gasteiger partial charge < -0.3 is 9.47 Å². The Bertz CT molecular complexity index is 292. The van der Waals surface area contributed by atoms with Gasteiger partial charge in [-0.05, 0) is 19.3 Å². The Morgan fingerprint density at radius 1 is 1.11 bits per heavy atom. The van der Waals surface area contributed by atoms with E-state index in [-0.39, 0.29) is 5.97 Å². The zero-order chi connectivity index (χ0) is 12.6. The van der Waals surface area contributed by atoms with E-state index in [9.17, 15) is 4.79 Å². The van der Waals surface area contributed by atoms with Crippen molar-refractivity contribution in [2.24, 2.45) is 0 Å². The molecule has 3 nitrogen and oxygen atoms in total. The Hall–Kier alpha value is -0.830. The molecule has 0 aromatic carbocycles. The van der Waals surface area contributed by atoms with Crippen molar-refractivity contribution in [3.8, 4) is 0 Å². The quantitative estimate of drug-likeness (QED) is 0.273. The molecule has 1 unspecified atom stereocenters. The number of rotatable bonds is 9. The predicted octanol–water partition coefficient (Wildman–Crippen LogP) is 3.38. The molecule has 3 heteroatoms. The highest BCUT2D eigenvalue weighted by Gasteiger charge is 2.20. The second-order valence-electron chi connectivity index (χ2n) is 5.27. The third-order valence-corrected chi connectivity index (χ3v) is 3.64. The van der Waals surface area contributed by atoms with E-state index in [0.717, 1.165) is 25.0 Å². The van der Waals surface area contributed by atoms with E-state index >= 15 is 0 Å². The summed E-state index contributed by atoms with van der Waals surface area (Å²) in [6.07, 6.45) is 13.6. The number of epoxide rings is 1. The highest BCUT2D eigenvalue weighted by Crippen LogP contribution is 2.18. The lowest BCUT2D eigenvalue weighted by molar-refractivity contribution is -0.135. The highest BCUT2D eigenvalue weighted by atomic mass is 16.6. The van der Waals surface area contributed by atoms with Gasteiger partial charge in [0, 0.05) is 12.0 Å². The second kappa shape index (κ2) is 7.57. The lowest BCUT2D eigenvalue weighted by Gasteiger charge is -2.00. The van der Waals surface area contributed by atoms with Gasteiger partial charge in [0.25, 0.3) is 0 Å². The maximum atomic E-state index is 11.2. The molecule has 18 heavy (non-hydrogen) atoms. The summed E-state index contributed by atoms with van der Waals surface area (Å²) in [5, 5.41) is 0. The summed E-state index contributed by atoms with van der Waals surface area (Å²) < 4.78 is 10.1. The van der Waals surface area contributed by atoms with E-state index < -0.39 is 0 Å². The van der Waals surface area contributed by atoms with Crippen LogP contribution in [0.5, 0.6) is 0 Å². The second-order valence-corrected chi connectivity index (χ2v) is 5.27. The number of carbonyl (C=O) groups is 1. The Morgan fingerprint density at radius 2 is 1.83 bits per heavy atom. The van der Waals surface area contributed by atoms with Crippen LogP contribution in [0, 0.1) is 0 Å². The van der Waals surface area contributed by atoms with E-state index in [2.05, 4.69) is 6.08 Å². The lowest BCUT2D eigenvalue weighted by atomic mass is 10.1. The third kappa shape index (κ3) is 5.21. The fourth-order valence-electron chi connectivity index (χ4n) is 2.37. The fourth-order valence-corrected chi connectivity index (χ4v) is 2.37. The first-order valence-electron chi connectivity index (χ1n) is 7.34. The van der Waals surface area contributed by atoms with Crippen LogP contribution in [0.15, 0.2) is 11.6 Å². The number of allylic oxidation sites excluding steroid dienone is 1. The summed E-state index contributed by atoms with van der Waals surface area (Å²) in [5.41, 5.74) is 0.888. The van der Waals surface area contributed by atoms with Gasteiger partial charge >= 0.3 is 5.97 Å². The lowest BCUT2D eigenvalue weighted by Crippen LogP contribution is -1.94. The molecule has 2 aliphatic heterocycles. The molecule has 0 aromatic rings. The van der Waals surface area contributed by atoms with Gasteiger partial charge in [0.15, 0.2) is 0 Å². The van der Waals surface area contributed by atoms with E-state index in [1.54, 1.807) is 0 Å². The molecule has 0 spiro atoms. The van der Waals surface area contributed by atoms with E-state index in [4.69, 9.17) is 9.47 Å². The average Bonchev–Trinajstić information content (AvgIpc) is 3.10. The van der Waals surface area contributed by atoms with Crippen LogP contribution in [0.3, 0.4) is 0 Å². The molecule has 0 aliphatic carbocycles. The van der Waals surface area contributed by atoms with Crippen LogP contribution in [0.2, 0.25) is 0 Å². The van der Waals surface area contributed by atoms with Gasteiger partial charge in [-0.25, -0.2) is 4.79 Å². The molecule has 2 heterocycles. The minimum Gasteiger partial charge on any atom is -0.462 e. The Balaban J connectivity index is 1.38. The van der Waals surface area contributed by atoms with E-state index in [1.165, 1.54) is 44.9 Å². The van der Waals surface area contributed by atoms with Crippen LogP contribution in [0.1, 0.15) is 57.8 Å². The normalized spacial score (nSPS) is 24.6. The molecule has 2 saturated heterocycles. The summed E-state index contributed by atoms with van der Waals surface area (Å²) in [7, 11) is 0. The standard InChI is InChI=1S/C15H24O3/c16-15-13(10-11-17-15)8-6-4-2-1-3-5-7-9-14-12-18-14/h8,14H,1-7,9-12H2/b13-8+. The van der Waals surface area contributed by atoms with Gasteiger partial charge in [-0.2, -0.15) is 0 Å².